The quantitative estimate of drug-likeness (QED) is 0.800. The van der Waals surface area contributed by atoms with Crippen molar-refractivity contribution >= 4 is 12.0 Å². The van der Waals surface area contributed by atoms with E-state index in [1.807, 2.05) is 30.3 Å². The van der Waals surface area contributed by atoms with Crippen LogP contribution in [-0.2, 0) is 4.79 Å². The number of hydrogen-bond acceptors (Lipinski definition) is 2. The maximum absolute atomic E-state index is 11.8. The number of aliphatic hydroxyl groups excluding tert-OH is 1. The van der Waals surface area contributed by atoms with Crippen LogP contribution in [0.5, 0.6) is 0 Å². The Morgan fingerprint density at radius 3 is 2.47 bits per heavy atom. The van der Waals surface area contributed by atoms with Crippen LogP contribution in [0.15, 0.2) is 36.4 Å². The Morgan fingerprint density at radius 1 is 1.32 bits per heavy atom. The Balaban J connectivity index is 2.52. The van der Waals surface area contributed by atoms with Crippen LogP contribution in [0.25, 0.3) is 6.08 Å². The van der Waals surface area contributed by atoms with Gasteiger partial charge in [0.1, 0.15) is 0 Å². The number of aliphatic hydroxyl groups is 1. The molecule has 0 saturated heterocycles. The highest BCUT2D eigenvalue weighted by atomic mass is 16.3. The predicted octanol–water partition coefficient (Wildman–Crippen LogP) is 2.61. The molecule has 3 nitrogen and oxygen atoms in total. The maximum Gasteiger partial charge on any atom is 0.244 e. The number of benzene rings is 1. The normalized spacial score (nSPS) is 13.5. The first-order valence-electron chi connectivity index (χ1n) is 6.55. The molecule has 1 amide bonds. The van der Waals surface area contributed by atoms with Gasteiger partial charge in [-0.3, -0.25) is 4.79 Å². The molecule has 0 bridgehead atoms. The van der Waals surface area contributed by atoms with Crippen LogP contribution in [0.1, 0.15) is 32.8 Å². The van der Waals surface area contributed by atoms with E-state index in [9.17, 15) is 9.90 Å². The largest absolute Gasteiger partial charge is 0.394 e. The van der Waals surface area contributed by atoms with Gasteiger partial charge in [0.05, 0.1) is 12.6 Å². The second-order valence-corrected chi connectivity index (χ2v) is 5.90. The van der Waals surface area contributed by atoms with Gasteiger partial charge in [-0.05, 0) is 23.5 Å². The van der Waals surface area contributed by atoms with Crippen molar-refractivity contribution in [2.45, 2.75) is 33.2 Å². The van der Waals surface area contributed by atoms with E-state index >= 15 is 0 Å². The summed E-state index contributed by atoms with van der Waals surface area (Å²) in [4.78, 5) is 11.8. The summed E-state index contributed by atoms with van der Waals surface area (Å²) in [6.45, 7) is 6.22. The Bertz CT molecular complexity index is 418. The SMILES string of the molecule is CC(C)(C)CC(CO)NC(=O)/C=C/c1ccccc1. The zero-order valence-corrected chi connectivity index (χ0v) is 11.9. The van der Waals surface area contributed by atoms with Gasteiger partial charge in [-0.25, -0.2) is 0 Å². The van der Waals surface area contributed by atoms with Gasteiger partial charge in [0.2, 0.25) is 5.91 Å². The average molecular weight is 261 g/mol. The Hall–Kier alpha value is -1.61. The van der Waals surface area contributed by atoms with Crippen LogP contribution in [0.3, 0.4) is 0 Å². The Kier molecular flexibility index (Phi) is 5.77. The first-order chi connectivity index (χ1) is 8.90. The zero-order chi connectivity index (χ0) is 14.3. The molecule has 0 aliphatic carbocycles. The van der Waals surface area contributed by atoms with Gasteiger partial charge in [0, 0.05) is 6.08 Å². The van der Waals surface area contributed by atoms with Crippen LogP contribution in [0.4, 0.5) is 0 Å². The van der Waals surface area contributed by atoms with Crippen molar-refractivity contribution in [2.24, 2.45) is 5.41 Å². The predicted molar refractivity (Wildman–Crippen MR) is 78.6 cm³/mol. The van der Waals surface area contributed by atoms with Crippen molar-refractivity contribution in [3.8, 4) is 0 Å². The van der Waals surface area contributed by atoms with E-state index in [0.717, 1.165) is 12.0 Å². The molecule has 1 aromatic carbocycles. The fourth-order valence-corrected chi connectivity index (χ4v) is 1.89. The molecule has 0 spiro atoms. The van der Waals surface area contributed by atoms with Gasteiger partial charge in [-0.15, -0.1) is 0 Å². The Labute approximate surface area is 115 Å². The second kappa shape index (κ2) is 7.10. The molecule has 0 aliphatic heterocycles. The summed E-state index contributed by atoms with van der Waals surface area (Å²) >= 11 is 0. The summed E-state index contributed by atoms with van der Waals surface area (Å²) in [5.41, 5.74) is 1.05. The van der Waals surface area contributed by atoms with E-state index in [1.54, 1.807) is 6.08 Å². The first-order valence-corrected chi connectivity index (χ1v) is 6.55. The highest BCUT2D eigenvalue weighted by molar-refractivity contribution is 5.91. The summed E-state index contributed by atoms with van der Waals surface area (Å²) in [7, 11) is 0. The number of rotatable bonds is 5. The molecule has 0 aliphatic rings. The number of carbonyl (C=O) groups is 1. The van der Waals surface area contributed by atoms with Crippen molar-refractivity contribution < 1.29 is 9.90 Å². The third-order valence-electron chi connectivity index (χ3n) is 2.65. The molecule has 104 valence electrons. The Morgan fingerprint density at radius 2 is 1.95 bits per heavy atom. The molecule has 1 aromatic rings. The fourth-order valence-electron chi connectivity index (χ4n) is 1.89. The van der Waals surface area contributed by atoms with Gasteiger partial charge < -0.3 is 10.4 Å². The third-order valence-corrected chi connectivity index (χ3v) is 2.65. The highest BCUT2D eigenvalue weighted by Crippen LogP contribution is 2.20. The third kappa shape index (κ3) is 6.77. The van der Waals surface area contributed by atoms with Gasteiger partial charge >= 0.3 is 0 Å². The van der Waals surface area contributed by atoms with Gasteiger partial charge in [-0.1, -0.05) is 51.1 Å². The van der Waals surface area contributed by atoms with E-state index in [0.29, 0.717) is 0 Å². The molecule has 1 atom stereocenters. The van der Waals surface area contributed by atoms with Crippen LogP contribution in [-0.4, -0.2) is 23.7 Å². The average Bonchev–Trinajstić information content (AvgIpc) is 2.35. The molecule has 0 aromatic heterocycles. The lowest BCUT2D eigenvalue weighted by atomic mass is 9.88. The summed E-state index contributed by atoms with van der Waals surface area (Å²) in [6.07, 6.45) is 4.01. The molecule has 1 rings (SSSR count). The maximum atomic E-state index is 11.8. The van der Waals surface area contributed by atoms with Crippen molar-refractivity contribution in [1.29, 1.82) is 0 Å². The summed E-state index contributed by atoms with van der Waals surface area (Å²) in [6, 6.07) is 9.45. The van der Waals surface area contributed by atoms with Crippen molar-refractivity contribution in [1.82, 2.24) is 5.32 Å². The second-order valence-electron chi connectivity index (χ2n) is 5.90. The smallest absolute Gasteiger partial charge is 0.244 e. The fraction of sp³-hybridized carbons (Fsp3) is 0.438. The highest BCUT2D eigenvalue weighted by Gasteiger charge is 2.18. The number of nitrogens with one attached hydrogen (secondary N) is 1. The minimum atomic E-state index is -0.201. The molecule has 3 heteroatoms. The summed E-state index contributed by atoms with van der Waals surface area (Å²) < 4.78 is 0. The van der Waals surface area contributed by atoms with Crippen LogP contribution in [0.2, 0.25) is 0 Å². The number of hydrogen-bond donors (Lipinski definition) is 2. The van der Waals surface area contributed by atoms with Crippen molar-refractivity contribution in [3.05, 3.63) is 42.0 Å². The summed E-state index contributed by atoms with van der Waals surface area (Å²) in [5, 5.41) is 12.1. The lowest BCUT2D eigenvalue weighted by Crippen LogP contribution is -2.39. The molecule has 1 unspecified atom stereocenters. The van der Waals surface area contributed by atoms with Crippen molar-refractivity contribution in [2.75, 3.05) is 6.61 Å². The first kappa shape index (κ1) is 15.4. The van der Waals surface area contributed by atoms with Gasteiger partial charge in [0.15, 0.2) is 0 Å². The molecule has 2 N–H and O–H groups in total. The van der Waals surface area contributed by atoms with E-state index in [4.69, 9.17) is 0 Å². The van der Waals surface area contributed by atoms with Gasteiger partial charge in [0.25, 0.3) is 0 Å². The molecule has 0 heterocycles. The topological polar surface area (TPSA) is 49.3 Å². The molecular weight excluding hydrogens is 238 g/mol. The molecule has 19 heavy (non-hydrogen) atoms. The van der Waals surface area contributed by atoms with E-state index in [2.05, 4.69) is 26.1 Å². The van der Waals surface area contributed by atoms with Crippen LogP contribution in [0, 0.1) is 5.41 Å². The molecule has 0 saturated carbocycles. The van der Waals surface area contributed by atoms with E-state index in [-0.39, 0.29) is 24.0 Å². The monoisotopic (exact) mass is 261 g/mol. The van der Waals surface area contributed by atoms with Crippen LogP contribution < -0.4 is 5.32 Å². The minimum absolute atomic E-state index is 0.0395. The summed E-state index contributed by atoms with van der Waals surface area (Å²) in [5.74, 6) is -0.174. The zero-order valence-electron chi connectivity index (χ0n) is 11.9. The lowest BCUT2D eigenvalue weighted by Gasteiger charge is -2.24. The molecule has 0 fully saturated rings. The number of carbonyl (C=O) groups excluding carboxylic acids is 1. The van der Waals surface area contributed by atoms with E-state index < -0.39 is 0 Å². The standard InChI is InChI=1S/C16H23NO2/c1-16(2,3)11-14(12-18)17-15(19)10-9-13-7-5-4-6-8-13/h4-10,14,18H,11-12H2,1-3H3,(H,17,19)/b10-9+. The molecule has 0 radical (unpaired) electrons. The van der Waals surface area contributed by atoms with Crippen LogP contribution >= 0.6 is 0 Å². The molecular formula is C16H23NO2. The number of amides is 1. The minimum Gasteiger partial charge on any atom is -0.394 e. The lowest BCUT2D eigenvalue weighted by molar-refractivity contribution is -0.117. The van der Waals surface area contributed by atoms with Gasteiger partial charge in [-0.2, -0.15) is 0 Å². The van der Waals surface area contributed by atoms with E-state index in [1.165, 1.54) is 6.08 Å². The van der Waals surface area contributed by atoms with Crippen molar-refractivity contribution in [3.63, 3.8) is 0 Å².